The second kappa shape index (κ2) is 8.06. The Morgan fingerprint density at radius 2 is 1.85 bits per heavy atom. The quantitative estimate of drug-likeness (QED) is 0.849. The standard InChI is InChI=1S/C19H21FN2O4S/c1-14-12-26-11-10-22(14)19(23)16-4-8-18(9-5-16)21-27(24,25)13-15-2-6-17(20)7-3-15/h2-9,14,21H,10-13H2,1H3/t14-/m1/s1. The highest BCUT2D eigenvalue weighted by Gasteiger charge is 2.24. The van der Waals surface area contributed by atoms with Crippen molar-refractivity contribution in [1.82, 2.24) is 4.90 Å². The summed E-state index contributed by atoms with van der Waals surface area (Å²) in [6, 6.07) is 11.6. The molecule has 1 aliphatic rings. The number of sulfonamides is 1. The van der Waals surface area contributed by atoms with Crippen LogP contribution < -0.4 is 4.72 Å². The van der Waals surface area contributed by atoms with E-state index in [0.717, 1.165) is 0 Å². The van der Waals surface area contributed by atoms with Crippen molar-refractivity contribution in [3.05, 3.63) is 65.5 Å². The predicted octanol–water partition coefficient (Wildman–Crippen LogP) is 2.63. The molecule has 8 heteroatoms. The van der Waals surface area contributed by atoms with E-state index in [-0.39, 0.29) is 17.7 Å². The molecule has 6 nitrogen and oxygen atoms in total. The number of carbonyl (C=O) groups is 1. The highest BCUT2D eigenvalue weighted by molar-refractivity contribution is 7.91. The first-order valence-corrected chi connectivity index (χ1v) is 10.2. The summed E-state index contributed by atoms with van der Waals surface area (Å²) in [7, 11) is -3.65. The van der Waals surface area contributed by atoms with E-state index in [4.69, 9.17) is 4.74 Å². The van der Waals surface area contributed by atoms with Gasteiger partial charge in [0, 0.05) is 17.8 Å². The molecule has 144 valence electrons. The fourth-order valence-electron chi connectivity index (χ4n) is 2.89. The maximum atomic E-state index is 12.9. The van der Waals surface area contributed by atoms with Crippen LogP contribution in [0.5, 0.6) is 0 Å². The summed E-state index contributed by atoms with van der Waals surface area (Å²) < 4.78 is 45.3. The van der Waals surface area contributed by atoms with Crippen LogP contribution in [0.4, 0.5) is 10.1 Å². The number of rotatable bonds is 5. The lowest BCUT2D eigenvalue weighted by Crippen LogP contribution is -2.47. The highest BCUT2D eigenvalue weighted by Crippen LogP contribution is 2.17. The second-order valence-electron chi connectivity index (χ2n) is 6.49. The van der Waals surface area contributed by atoms with Gasteiger partial charge in [0.25, 0.3) is 5.91 Å². The fraction of sp³-hybridized carbons (Fsp3) is 0.316. The number of hydrogen-bond acceptors (Lipinski definition) is 4. The lowest BCUT2D eigenvalue weighted by molar-refractivity contribution is 0.00359. The highest BCUT2D eigenvalue weighted by atomic mass is 32.2. The van der Waals surface area contributed by atoms with E-state index in [1.807, 2.05) is 6.92 Å². The molecule has 1 aliphatic heterocycles. The van der Waals surface area contributed by atoms with Crippen LogP contribution in [0.1, 0.15) is 22.8 Å². The van der Waals surface area contributed by atoms with E-state index in [0.29, 0.717) is 36.6 Å². The third-order valence-electron chi connectivity index (χ3n) is 4.30. The van der Waals surface area contributed by atoms with Gasteiger partial charge in [0.05, 0.1) is 25.0 Å². The van der Waals surface area contributed by atoms with Crippen molar-refractivity contribution in [1.29, 1.82) is 0 Å². The van der Waals surface area contributed by atoms with Gasteiger partial charge in [0.15, 0.2) is 0 Å². The Balaban J connectivity index is 1.66. The van der Waals surface area contributed by atoms with E-state index in [9.17, 15) is 17.6 Å². The Hall–Kier alpha value is -2.45. The summed E-state index contributed by atoms with van der Waals surface area (Å²) in [6.07, 6.45) is 0. The Morgan fingerprint density at radius 1 is 1.19 bits per heavy atom. The van der Waals surface area contributed by atoms with Crippen LogP contribution in [0.15, 0.2) is 48.5 Å². The number of nitrogens with one attached hydrogen (secondary N) is 1. The van der Waals surface area contributed by atoms with Gasteiger partial charge in [0.2, 0.25) is 10.0 Å². The van der Waals surface area contributed by atoms with Crippen molar-refractivity contribution >= 4 is 21.6 Å². The van der Waals surface area contributed by atoms with Crippen molar-refractivity contribution in [3.63, 3.8) is 0 Å². The summed E-state index contributed by atoms with van der Waals surface area (Å²) >= 11 is 0. The Morgan fingerprint density at radius 3 is 2.48 bits per heavy atom. The minimum absolute atomic E-state index is 0.000128. The summed E-state index contributed by atoms with van der Waals surface area (Å²) in [6.45, 7) is 3.48. The third kappa shape index (κ3) is 5.05. The van der Waals surface area contributed by atoms with Gasteiger partial charge in [0.1, 0.15) is 5.82 Å². The summed E-state index contributed by atoms with van der Waals surface area (Å²) in [4.78, 5) is 14.3. The van der Waals surface area contributed by atoms with Crippen molar-refractivity contribution in [2.45, 2.75) is 18.7 Å². The normalized spacial score (nSPS) is 17.6. The van der Waals surface area contributed by atoms with Gasteiger partial charge in [-0.1, -0.05) is 12.1 Å². The van der Waals surface area contributed by atoms with Crippen LogP contribution in [0.2, 0.25) is 0 Å². The van der Waals surface area contributed by atoms with Crippen LogP contribution in [0, 0.1) is 5.82 Å². The van der Waals surface area contributed by atoms with Crippen molar-refractivity contribution in [2.75, 3.05) is 24.5 Å². The zero-order valence-electron chi connectivity index (χ0n) is 14.9. The van der Waals surface area contributed by atoms with Crippen LogP contribution >= 0.6 is 0 Å². The first-order chi connectivity index (χ1) is 12.8. The van der Waals surface area contributed by atoms with Crippen molar-refractivity contribution < 1.29 is 22.3 Å². The van der Waals surface area contributed by atoms with E-state index in [1.165, 1.54) is 24.3 Å². The topological polar surface area (TPSA) is 75.7 Å². The average Bonchev–Trinajstić information content (AvgIpc) is 2.63. The molecule has 0 saturated carbocycles. The van der Waals surface area contributed by atoms with E-state index in [1.54, 1.807) is 29.2 Å². The van der Waals surface area contributed by atoms with Crippen molar-refractivity contribution in [3.8, 4) is 0 Å². The summed E-state index contributed by atoms with van der Waals surface area (Å²) in [5.74, 6) is -0.787. The lowest BCUT2D eigenvalue weighted by Gasteiger charge is -2.33. The molecule has 0 aromatic heterocycles. The number of benzene rings is 2. The van der Waals surface area contributed by atoms with Crippen LogP contribution in [-0.2, 0) is 20.5 Å². The molecule has 27 heavy (non-hydrogen) atoms. The first-order valence-electron chi connectivity index (χ1n) is 8.58. The van der Waals surface area contributed by atoms with Gasteiger partial charge in [-0.2, -0.15) is 0 Å². The molecule has 1 saturated heterocycles. The Labute approximate surface area is 158 Å². The molecule has 0 unspecified atom stereocenters. The van der Waals surface area contributed by atoms with E-state index in [2.05, 4.69) is 4.72 Å². The smallest absolute Gasteiger partial charge is 0.254 e. The van der Waals surface area contributed by atoms with Crippen LogP contribution in [0.3, 0.4) is 0 Å². The van der Waals surface area contributed by atoms with E-state index < -0.39 is 15.8 Å². The number of morpholine rings is 1. The molecule has 0 aliphatic carbocycles. The number of halogens is 1. The zero-order valence-corrected chi connectivity index (χ0v) is 15.7. The molecule has 2 aromatic carbocycles. The molecule has 1 N–H and O–H groups in total. The van der Waals surface area contributed by atoms with Gasteiger partial charge in [-0.05, 0) is 48.9 Å². The molecule has 1 heterocycles. The SMILES string of the molecule is C[C@@H]1COCCN1C(=O)c1ccc(NS(=O)(=O)Cc2ccc(F)cc2)cc1. The molecule has 2 aromatic rings. The van der Waals surface area contributed by atoms with Gasteiger partial charge in [-0.3, -0.25) is 9.52 Å². The van der Waals surface area contributed by atoms with Gasteiger partial charge < -0.3 is 9.64 Å². The number of carbonyl (C=O) groups excluding carboxylic acids is 1. The van der Waals surface area contributed by atoms with Crippen LogP contribution in [-0.4, -0.2) is 45.0 Å². The molecule has 3 rings (SSSR count). The van der Waals surface area contributed by atoms with Crippen molar-refractivity contribution in [2.24, 2.45) is 0 Å². The van der Waals surface area contributed by atoms with Gasteiger partial charge in [-0.15, -0.1) is 0 Å². The molecule has 0 radical (unpaired) electrons. The minimum atomic E-state index is -3.65. The molecule has 0 bridgehead atoms. The zero-order chi connectivity index (χ0) is 19.4. The predicted molar refractivity (Wildman–Crippen MR) is 100 cm³/mol. The number of nitrogens with zero attached hydrogens (tertiary/aromatic N) is 1. The number of anilines is 1. The monoisotopic (exact) mass is 392 g/mol. The maximum Gasteiger partial charge on any atom is 0.254 e. The third-order valence-corrected chi connectivity index (χ3v) is 5.56. The number of hydrogen-bond donors (Lipinski definition) is 1. The maximum absolute atomic E-state index is 12.9. The molecule has 1 fully saturated rings. The second-order valence-corrected chi connectivity index (χ2v) is 8.21. The molecule has 1 atom stereocenters. The van der Waals surface area contributed by atoms with Crippen LogP contribution in [0.25, 0.3) is 0 Å². The molecular weight excluding hydrogens is 371 g/mol. The summed E-state index contributed by atoms with van der Waals surface area (Å²) in [5, 5.41) is 0. The minimum Gasteiger partial charge on any atom is -0.377 e. The summed E-state index contributed by atoms with van der Waals surface area (Å²) in [5.41, 5.74) is 1.34. The number of ether oxygens (including phenoxy) is 1. The Bertz CT molecular complexity index is 898. The molecular formula is C19H21FN2O4S. The first kappa shape index (κ1) is 19.3. The Kier molecular flexibility index (Phi) is 5.76. The van der Waals surface area contributed by atoms with E-state index >= 15 is 0 Å². The fourth-order valence-corrected chi connectivity index (χ4v) is 4.09. The number of amides is 1. The van der Waals surface area contributed by atoms with Gasteiger partial charge in [-0.25, -0.2) is 12.8 Å². The molecule has 0 spiro atoms. The molecule has 1 amide bonds. The van der Waals surface area contributed by atoms with Gasteiger partial charge >= 0.3 is 0 Å². The lowest BCUT2D eigenvalue weighted by atomic mass is 10.1. The average molecular weight is 392 g/mol. The largest absolute Gasteiger partial charge is 0.377 e.